The summed E-state index contributed by atoms with van der Waals surface area (Å²) in [6.45, 7) is 2.41. The van der Waals surface area contributed by atoms with Gasteiger partial charge in [-0.15, -0.1) is 0 Å². The van der Waals surface area contributed by atoms with Crippen molar-refractivity contribution in [1.29, 1.82) is 0 Å². The van der Waals surface area contributed by atoms with Gasteiger partial charge in [-0.1, -0.05) is 11.6 Å². The number of rotatable bonds is 8. The molecule has 1 saturated heterocycles. The van der Waals surface area contributed by atoms with Crippen LogP contribution in [0.2, 0.25) is 0 Å². The maximum Gasteiger partial charge on any atom is 0.239 e. The smallest absolute Gasteiger partial charge is 0.239 e. The number of methoxy groups -OCH3 is 1. The molecule has 0 amide bonds. The minimum atomic E-state index is -0.931. The highest BCUT2D eigenvalue weighted by atomic mass is 79.9. The van der Waals surface area contributed by atoms with Crippen LogP contribution in [0.25, 0.3) is 0 Å². The summed E-state index contributed by atoms with van der Waals surface area (Å²) in [5.74, 6) is 1.87. The Morgan fingerprint density at radius 2 is 2.13 bits per heavy atom. The molecule has 6 N–H and O–H groups in total. The van der Waals surface area contributed by atoms with Crippen molar-refractivity contribution < 1.29 is 9.47 Å². The molecular weight excluding hydrogens is 486 g/mol. The fourth-order valence-corrected chi connectivity index (χ4v) is 5.28. The summed E-state index contributed by atoms with van der Waals surface area (Å²) >= 11 is 9.77. The van der Waals surface area contributed by atoms with Crippen LogP contribution in [0.3, 0.4) is 0 Å². The molecule has 0 aromatic carbocycles. The number of anilines is 2. The first-order valence-corrected chi connectivity index (χ1v) is 11.5. The van der Waals surface area contributed by atoms with Crippen molar-refractivity contribution in [2.75, 3.05) is 44.5 Å². The van der Waals surface area contributed by atoms with E-state index in [1.54, 1.807) is 14.2 Å². The number of nitrogen functional groups attached to an aromatic ring is 1. The molecule has 31 heavy (non-hydrogen) atoms. The lowest BCUT2D eigenvalue weighted by Gasteiger charge is -2.59. The van der Waals surface area contributed by atoms with Gasteiger partial charge in [0.1, 0.15) is 22.3 Å². The molecule has 1 atom stereocenters. The van der Waals surface area contributed by atoms with Gasteiger partial charge < -0.3 is 36.5 Å². The van der Waals surface area contributed by atoms with E-state index in [1.165, 1.54) is 0 Å². The van der Waals surface area contributed by atoms with Gasteiger partial charge in [-0.3, -0.25) is 0 Å². The zero-order chi connectivity index (χ0) is 22.2. The number of ether oxygens (including phenoxy) is 2. The first-order valence-electron chi connectivity index (χ1n) is 10.3. The molecule has 1 spiro atoms. The zero-order valence-electron chi connectivity index (χ0n) is 17.8. The van der Waals surface area contributed by atoms with E-state index in [0.29, 0.717) is 58.1 Å². The molecule has 9 nitrogen and oxygen atoms in total. The maximum absolute atomic E-state index is 6.46. The lowest BCUT2D eigenvalue weighted by molar-refractivity contribution is -0.0733. The van der Waals surface area contributed by atoms with Gasteiger partial charge in [0.25, 0.3) is 0 Å². The molecule has 170 valence electrons. The first kappa shape index (κ1) is 22.4. The fraction of sp³-hybridized carbons (Fsp3) is 0.600. The third kappa shape index (κ3) is 4.44. The highest BCUT2D eigenvalue weighted by molar-refractivity contribution is 9.18. The van der Waals surface area contributed by atoms with Gasteiger partial charge in [-0.05, 0) is 53.7 Å². The van der Waals surface area contributed by atoms with Crippen molar-refractivity contribution in [3.63, 3.8) is 0 Å². The number of nitrogens with two attached hydrogens (primary N) is 2. The van der Waals surface area contributed by atoms with E-state index in [9.17, 15) is 0 Å². The van der Waals surface area contributed by atoms with Gasteiger partial charge in [0.05, 0.1) is 18.4 Å². The highest BCUT2D eigenvalue weighted by Crippen LogP contribution is 2.50. The van der Waals surface area contributed by atoms with Crippen LogP contribution in [-0.4, -0.2) is 55.3 Å². The largest absolute Gasteiger partial charge is 0.476 e. The standard InChI is InChI=1S/C20H29BrClN7O2/c1-25-16-15(22)20(24,28-18(21)27-16)6-3-7-31-17-13(23)4-5-14(26-17)29-10-19(11-29)8-12(9-19)30-2/h4-5,12,25H,3,6-11,23-24H2,1-2H3,(H,27,28). The predicted molar refractivity (Wildman–Crippen MR) is 126 cm³/mol. The second-order valence-corrected chi connectivity index (χ2v) is 9.68. The second kappa shape index (κ2) is 8.65. The summed E-state index contributed by atoms with van der Waals surface area (Å²) in [6.07, 6.45) is 3.84. The molecule has 4 rings (SSSR count). The molecule has 1 saturated carbocycles. The van der Waals surface area contributed by atoms with Gasteiger partial charge in [0, 0.05) is 32.7 Å². The average Bonchev–Trinajstić information content (AvgIpc) is 2.68. The van der Waals surface area contributed by atoms with Crippen LogP contribution in [0.5, 0.6) is 5.88 Å². The number of hydrogen-bond acceptors (Lipinski definition) is 9. The molecule has 3 aliphatic rings. The molecule has 1 unspecified atom stereocenters. The zero-order valence-corrected chi connectivity index (χ0v) is 20.1. The number of aliphatic imine (C=N–C) groups is 1. The van der Waals surface area contributed by atoms with Gasteiger partial charge in [0.2, 0.25) is 5.88 Å². The predicted octanol–water partition coefficient (Wildman–Crippen LogP) is 2.07. The van der Waals surface area contributed by atoms with E-state index in [2.05, 4.69) is 41.4 Å². The van der Waals surface area contributed by atoms with E-state index in [0.717, 1.165) is 31.7 Å². The van der Waals surface area contributed by atoms with E-state index in [-0.39, 0.29) is 0 Å². The summed E-state index contributed by atoms with van der Waals surface area (Å²) in [4.78, 5) is 11.1. The monoisotopic (exact) mass is 513 g/mol. The topological polar surface area (TPSA) is 123 Å². The van der Waals surface area contributed by atoms with Gasteiger partial charge in [0.15, 0.2) is 4.74 Å². The number of aromatic nitrogens is 1. The van der Waals surface area contributed by atoms with Crippen molar-refractivity contribution in [1.82, 2.24) is 15.6 Å². The summed E-state index contributed by atoms with van der Waals surface area (Å²) in [5.41, 5.74) is 12.5. The van der Waals surface area contributed by atoms with Gasteiger partial charge in [-0.25, -0.2) is 4.99 Å². The lowest BCUT2D eigenvalue weighted by atomic mass is 9.62. The Kier molecular flexibility index (Phi) is 6.26. The van der Waals surface area contributed by atoms with Crippen LogP contribution >= 0.6 is 27.5 Å². The molecule has 2 aliphatic heterocycles. The second-order valence-electron chi connectivity index (χ2n) is 8.55. The van der Waals surface area contributed by atoms with Gasteiger partial charge >= 0.3 is 0 Å². The van der Waals surface area contributed by atoms with Crippen LogP contribution in [0.1, 0.15) is 25.7 Å². The van der Waals surface area contributed by atoms with E-state index in [1.807, 2.05) is 12.1 Å². The van der Waals surface area contributed by atoms with Crippen molar-refractivity contribution in [3.05, 3.63) is 23.0 Å². The normalized spacial score (nSPS) is 24.9. The quantitative estimate of drug-likeness (QED) is 0.307. The molecule has 0 bridgehead atoms. The number of hydrogen-bond donors (Lipinski definition) is 4. The van der Waals surface area contributed by atoms with E-state index >= 15 is 0 Å². The van der Waals surface area contributed by atoms with Crippen LogP contribution in [0, 0.1) is 5.41 Å². The Balaban J connectivity index is 1.30. The molecule has 11 heteroatoms. The number of amidine groups is 1. The molecule has 1 aromatic heterocycles. The third-order valence-electron chi connectivity index (χ3n) is 6.23. The van der Waals surface area contributed by atoms with Crippen molar-refractivity contribution in [2.45, 2.75) is 37.5 Å². The molecular formula is C20H29BrClN7O2. The van der Waals surface area contributed by atoms with Crippen LogP contribution in [-0.2, 0) is 4.74 Å². The fourth-order valence-electron chi connectivity index (χ4n) is 4.47. The number of nitrogens with one attached hydrogen (secondary N) is 2. The SMILES string of the molecule is CNC1=C(Cl)C(N)(CCCOc2nc(N3CC4(CC(OC)C4)C3)ccc2N)NC(Br)=N1. The Labute approximate surface area is 195 Å². The summed E-state index contributed by atoms with van der Waals surface area (Å²) in [6, 6.07) is 3.80. The molecule has 1 aliphatic carbocycles. The summed E-state index contributed by atoms with van der Waals surface area (Å²) in [7, 11) is 3.53. The summed E-state index contributed by atoms with van der Waals surface area (Å²) < 4.78 is 11.8. The van der Waals surface area contributed by atoms with Crippen LogP contribution in [0.4, 0.5) is 11.5 Å². The molecule has 3 heterocycles. The first-order chi connectivity index (χ1) is 14.8. The molecule has 2 fully saturated rings. The van der Waals surface area contributed by atoms with Crippen molar-refractivity contribution in [3.8, 4) is 5.88 Å². The molecule has 1 aromatic rings. The van der Waals surface area contributed by atoms with E-state index in [4.69, 9.17) is 32.5 Å². The number of nitrogens with zero attached hydrogens (tertiary/aromatic N) is 3. The third-order valence-corrected chi connectivity index (χ3v) is 7.12. The minimum Gasteiger partial charge on any atom is -0.476 e. The Morgan fingerprint density at radius 1 is 1.39 bits per heavy atom. The lowest BCUT2D eigenvalue weighted by Crippen LogP contribution is -2.64. The minimum absolute atomic E-state index is 0.393. The van der Waals surface area contributed by atoms with Gasteiger partial charge in [-0.2, -0.15) is 4.98 Å². The van der Waals surface area contributed by atoms with Crippen molar-refractivity contribution >= 4 is 43.8 Å². The van der Waals surface area contributed by atoms with Crippen molar-refractivity contribution in [2.24, 2.45) is 16.1 Å². The van der Waals surface area contributed by atoms with Crippen LogP contribution < -0.4 is 31.7 Å². The Bertz CT molecular complexity index is 898. The van der Waals surface area contributed by atoms with E-state index < -0.39 is 5.66 Å². The Hall–Kier alpha value is -1.75. The number of halogens is 2. The average molecular weight is 515 g/mol. The highest BCUT2D eigenvalue weighted by Gasteiger charge is 2.53. The number of pyridine rings is 1. The van der Waals surface area contributed by atoms with Crippen LogP contribution in [0.15, 0.2) is 28.0 Å². The Morgan fingerprint density at radius 3 is 2.81 bits per heavy atom. The summed E-state index contributed by atoms with van der Waals surface area (Å²) in [5, 5.41) is 6.46. The maximum atomic E-state index is 6.46. The molecule has 0 radical (unpaired) electrons.